The smallest absolute Gasteiger partial charge is 0.293 e. The summed E-state index contributed by atoms with van der Waals surface area (Å²) in [6, 6.07) is 6.34. The summed E-state index contributed by atoms with van der Waals surface area (Å²) in [6.07, 6.45) is 1.85. The third-order valence-corrected chi connectivity index (χ3v) is 4.86. The van der Waals surface area contributed by atoms with Crippen molar-refractivity contribution in [2.45, 2.75) is 45.9 Å². The molecule has 27 heavy (non-hydrogen) atoms. The van der Waals surface area contributed by atoms with Gasteiger partial charge in [0.15, 0.2) is 0 Å². The number of H-pyrrole nitrogens is 1. The van der Waals surface area contributed by atoms with Gasteiger partial charge in [-0.2, -0.15) is 0 Å². The molecule has 7 heteroatoms. The molecule has 6 nitrogen and oxygen atoms in total. The molecule has 1 saturated heterocycles. The molecule has 0 aliphatic carbocycles. The SMILES string of the molecule is CC(C)(C)OC=O.C[C@@H]1CNCCN1Cc1c[nH]c(=O)c2ccc(Br)cc12. The van der Waals surface area contributed by atoms with Crippen molar-refractivity contribution in [3.05, 3.63) is 44.8 Å². The maximum Gasteiger partial charge on any atom is 0.293 e. The van der Waals surface area contributed by atoms with Crippen molar-refractivity contribution in [2.24, 2.45) is 0 Å². The van der Waals surface area contributed by atoms with E-state index >= 15 is 0 Å². The number of ether oxygens (including phenoxy) is 1. The van der Waals surface area contributed by atoms with Crippen molar-refractivity contribution in [3.63, 3.8) is 0 Å². The van der Waals surface area contributed by atoms with Crippen LogP contribution in [0.1, 0.15) is 33.3 Å². The molecule has 1 atom stereocenters. The number of rotatable bonds is 3. The van der Waals surface area contributed by atoms with Gasteiger partial charge in [0.2, 0.25) is 0 Å². The topological polar surface area (TPSA) is 74.4 Å². The third kappa shape index (κ3) is 6.45. The average Bonchev–Trinajstić information content (AvgIpc) is 2.59. The molecule has 0 radical (unpaired) electrons. The van der Waals surface area contributed by atoms with Crippen LogP contribution in [0.25, 0.3) is 10.8 Å². The Morgan fingerprint density at radius 2 is 2.07 bits per heavy atom. The van der Waals surface area contributed by atoms with Crippen molar-refractivity contribution < 1.29 is 9.53 Å². The van der Waals surface area contributed by atoms with Crippen molar-refractivity contribution in [1.82, 2.24) is 15.2 Å². The molecular weight excluding hydrogens is 410 g/mol. The molecule has 0 saturated carbocycles. The molecule has 0 unspecified atom stereocenters. The summed E-state index contributed by atoms with van der Waals surface area (Å²) in [5, 5.41) is 5.19. The van der Waals surface area contributed by atoms with E-state index < -0.39 is 0 Å². The number of nitrogens with zero attached hydrogens (tertiary/aromatic N) is 1. The molecular formula is C20H28BrN3O3. The van der Waals surface area contributed by atoms with Gasteiger partial charge in [0.25, 0.3) is 12.0 Å². The summed E-state index contributed by atoms with van der Waals surface area (Å²) in [5.41, 5.74) is 0.834. The fraction of sp³-hybridized carbons (Fsp3) is 0.500. The van der Waals surface area contributed by atoms with Crippen LogP contribution in [0.2, 0.25) is 0 Å². The van der Waals surface area contributed by atoms with Crippen LogP contribution in [-0.4, -0.2) is 47.6 Å². The number of aromatic nitrogens is 1. The van der Waals surface area contributed by atoms with Crippen LogP contribution in [-0.2, 0) is 16.1 Å². The number of carbonyl (C=O) groups excluding carboxylic acids is 1. The third-order valence-electron chi connectivity index (χ3n) is 4.36. The number of benzene rings is 1. The van der Waals surface area contributed by atoms with Crippen molar-refractivity contribution >= 4 is 33.2 Å². The zero-order valence-corrected chi connectivity index (χ0v) is 17.9. The molecule has 148 valence electrons. The van der Waals surface area contributed by atoms with E-state index in [0.717, 1.165) is 41.4 Å². The minimum Gasteiger partial charge on any atom is -0.462 e. The number of pyridine rings is 1. The molecule has 0 amide bonds. The van der Waals surface area contributed by atoms with E-state index in [0.29, 0.717) is 12.5 Å². The normalized spacial score (nSPS) is 17.9. The Kier molecular flexibility index (Phi) is 7.59. The summed E-state index contributed by atoms with van der Waals surface area (Å²) in [6.45, 7) is 12.1. The second-order valence-corrected chi connectivity index (χ2v) is 8.60. The van der Waals surface area contributed by atoms with Crippen LogP contribution in [0.4, 0.5) is 0 Å². The van der Waals surface area contributed by atoms with Gasteiger partial charge in [0.05, 0.1) is 0 Å². The van der Waals surface area contributed by atoms with E-state index in [1.807, 2.05) is 45.2 Å². The highest BCUT2D eigenvalue weighted by molar-refractivity contribution is 9.10. The Morgan fingerprint density at radius 1 is 1.33 bits per heavy atom. The van der Waals surface area contributed by atoms with E-state index in [4.69, 9.17) is 0 Å². The number of nitrogens with one attached hydrogen (secondary N) is 2. The van der Waals surface area contributed by atoms with Gasteiger partial charge in [-0.05, 0) is 56.8 Å². The molecule has 1 aromatic heterocycles. The quantitative estimate of drug-likeness (QED) is 0.721. The lowest BCUT2D eigenvalue weighted by Gasteiger charge is -2.34. The summed E-state index contributed by atoms with van der Waals surface area (Å²) >= 11 is 3.49. The Hall–Kier alpha value is -1.70. The number of hydrogen-bond donors (Lipinski definition) is 2. The fourth-order valence-corrected chi connectivity index (χ4v) is 3.26. The highest BCUT2D eigenvalue weighted by Gasteiger charge is 2.19. The lowest BCUT2D eigenvalue weighted by Crippen LogP contribution is -2.49. The van der Waals surface area contributed by atoms with Gasteiger partial charge in [0, 0.05) is 48.3 Å². The first-order valence-corrected chi connectivity index (χ1v) is 9.86. The van der Waals surface area contributed by atoms with Gasteiger partial charge in [-0.1, -0.05) is 15.9 Å². The summed E-state index contributed by atoms with van der Waals surface area (Å²) in [5.74, 6) is 0. The van der Waals surface area contributed by atoms with Crippen molar-refractivity contribution in [3.8, 4) is 0 Å². The molecule has 1 aromatic carbocycles. The molecule has 2 aromatic rings. The van der Waals surface area contributed by atoms with Gasteiger partial charge < -0.3 is 15.0 Å². The Morgan fingerprint density at radius 3 is 2.67 bits per heavy atom. The van der Waals surface area contributed by atoms with Gasteiger partial charge in [0.1, 0.15) is 5.60 Å². The second kappa shape index (κ2) is 9.48. The zero-order chi connectivity index (χ0) is 20.0. The highest BCUT2D eigenvalue weighted by Crippen LogP contribution is 2.22. The van der Waals surface area contributed by atoms with Crippen LogP contribution < -0.4 is 10.9 Å². The number of hydrogen-bond acceptors (Lipinski definition) is 5. The van der Waals surface area contributed by atoms with E-state index in [-0.39, 0.29) is 11.2 Å². The highest BCUT2D eigenvalue weighted by atomic mass is 79.9. The van der Waals surface area contributed by atoms with Crippen LogP contribution in [0.5, 0.6) is 0 Å². The standard InChI is InChI=1S/C15H18BrN3O.C5H10O2/c1-10-7-17-4-5-19(10)9-11-8-18-15(20)13-3-2-12(16)6-14(11)13;1-5(2,3)7-4-6/h2-3,6,8,10,17H,4-5,7,9H2,1H3,(H,18,20);4H,1-3H3/t10-;/m1./s1. The maximum atomic E-state index is 11.9. The van der Waals surface area contributed by atoms with Crippen LogP contribution >= 0.6 is 15.9 Å². The molecule has 3 rings (SSSR count). The fourth-order valence-electron chi connectivity index (χ4n) is 2.90. The second-order valence-electron chi connectivity index (χ2n) is 7.68. The Bertz CT molecular complexity index is 829. The number of piperazine rings is 1. The lowest BCUT2D eigenvalue weighted by atomic mass is 10.1. The predicted octanol–water partition coefficient (Wildman–Crippen LogP) is 3.04. The van der Waals surface area contributed by atoms with Crippen molar-refractivity contribution in [1.29, 1.82) is 0 Å². The predicted molar refractivity (Wildman–Crippen MR) is 112 cm³/mol. The van der Waals surface area contributed by atoms with Gasteiger partial charge in [-0.15, -0.1) is 0 Å². The van der Waals surface area contributed by atoms with Crippen LogP contribution in [0, 0.1) is 0 Å². The number of carbonyl (C=O) groups is 1. The van der Waals surface area contributed by atoms with Crippen molar-refractivity contribution in [2.75, 3.05) is 19.6 Å². The van der Waals surface area contributed by atoms with E-state index in [1.165, 1.54) is 5.56 Å². The number of fused-ring (bicyclic) bond motifs is 1. The summed E-state index contributed by atoms with van der Waals surface area (Å²) in [4.78, 5) is 26.8. The van der Waals surface area contributed by atoms with E-state index in [2.05, 4.69) is 42.8 Å². The first-order chi connectivity index (χ1) is 12.7. The Labute approximate surface area is 168 Å². The largest absolute Gasteiger partial charge is 0.462 e. The van der Waals surface area contributed by atoms with Gasteiger partial charge >= 0.3 is 0 Å². The first-order valence-electron chi connectivity index (χ1n) is 9.07. The minimum absolute atomic E-state index is 0.0235. The zero-order valence-electron chi connectivity index (χ0n) is 16.3. The van der Waals surface area contributed by atoms with Crippen LogP contribution in [0.3, 0.4) is 0 Å². The van der Waals surface area contributed by atoms with Gasteiger partial charge in [-0.25, -0.2) is 0 Å². The first kappa shape index (κ1) is 21.6. The monoisotopic (exact) mass is 437 g/mol. The van der Waals surface area contributed by atoms with Crippen LogP contribution in [0.15, 0.2) is 33.7 Å². The molecule has 0 spiro atoms. The average molecular weight is 438 g/mol. The molecule has 0 bridgehead atoms. The summed E-state index contributed by atoms with van der Waals surface area (Å²) in [7, 11) is 0. The molecule has 1 fully saturated rings. The molecule has 2 N–H and O–H groups in total. The van der Waals surface area contributed by atoms with Gasteiger partial charge in [-0.3, -0.25) is 14.5 Å². The minimum atomic E-state index is -0.318. The number of aromatic amines is 1. The molecule has 1 aliphatic rings. The molecule has 1 aliphatic heterocycles. The molecule has 2 heterocycles. The van der Waals surface area contributed by atoms with E-state index in [9.17, 15) is 9.59 Å². The number of halogens is 1. The van der Waals surface area contributed by atoms with E-state index in [1.54, 1.807) is 0 Å². The lowest BCUT2D eigenvalue weighted by molar-refractivity contribution is -0.138. The Balaban J connectivity index is 0.000000321. The maximum absolute atomic E-state index is 11.9. The summed E-state index contributed by atoms with van der Waals surface area (Å²) < 4.78 is 5.55.